The first kappa shape index (κ1) is 21.2. The van der Waals surface area contributed by atoms with Gasteiger partial charge in [-0.05, 0) is 37.3 Å². The molecular weight excluding hydrogens is 426 g/mol. The minimum absolute atomic E-state index is 0.00666. The standard InChI is InChI=1S/C20H15N3O5S2/c1-3-11-22-15-8-5-13(19(25)28-4-2)12-16(15)30-20(22)21-17(24)9-6-14-7-10-18(29-14)23(26)27/h1,5-10,12H,4,11H2,2H3/b9-6-,21-20?. The van der Waals surface area contributed by atoms with Crippen LogP contribution in [-0.2, 0) is 16.1 Å². The van der Waals surface area contributed by atoms with Crippen LogP contribution in [-0.4, -0.2) is 28.0 Å². The lowest BCUT2D eigenvalue weighted by molar-refractivity contribution is -0.380. The van der Waals surface area contributed by atoms with Crippen molar-refractivity contribution in [2.45, 2.75) is 13.5 Å². The summed E-state index contributed by atoms with van der Waals surface area (Å²) in [5.41, 5.74) is 1.14. The molecule has 8 nitrogen and oxygen atoms in total. The zero-order chi connectivity index (χ0) is 21.7. The molecule has 0 aliphatic rings. The molecule has 3 rings (SSSR count). The van der Waals surface area contributed by atoms with Crippen molar-refractivity contribution in [3.8, 4) is 12.3 Å². The number of rotatable bonds is 6. The summed E-state index contributed by atoms with van der Waals surface area (Å²) in [5, 5.41) is 10.7. The van der Waals surface area contributed by atoms with Crippen LogP contribution < -0.4 is 4.80 Å². The van der Waals surface area contributed by atoms with Crippen LogP contribution >= 0.6 is 22.7 Å². The molecule has 152 valence electrons. The molecule has 1 amide bonds. The third-order valence-corrected chi connectivity index (χ3v) is 5.88. The van der Waals surface area contributed by atoms with Gasteiger partial charge in [0.05, 0.1) is 33.9 Å². The first-order valence-corrected chi connectivity index (χ1v) is 10.3. The van der Waals surface area contributed by atoms with Crippen LogP contribution in [0.4, 0.5) is 5.00 Å². The van der Waals surface area contributed by atoms with Crippen LogP contribution in [0.15, 0.2) is 41.4 Å². The van der Waals surface area contributed by atoms with E-state index < -0.39 is 16.8 Å². The molecule has 3 aromatic rings. The third kappa shape index (κ3) is 4.71. The molecule has 0 atom stereocenters. The summed E-state index contributed by atoms with van der Waals surface area (Å²) >= 11 is 2.18. The maximum atomic E-state index is 12.3. The molecule has 0 aliphatic heterocycles. The lowest BCUT2D eigenvalue weighted by atomic mass is 10.2. The quantitative estimate of drug-likeness (QED) is 0.191. The van der Waals surface area contributed by atoms with Gasteiger partial charge < -0.3 is 9.30 Å². The summed E-state index contributed by atoms with van der Waals surface area (Å²) in [7, 11) is 0. The average molecular weight is 441 g/mol. The van der Waals surface area contributed by atoms with Crippen LogP contribution in [0.25, 0.3) is 16.3 Å². The second-order valence-electron chi connectivity index (χ2n) is 5.79. The van der Waals surface area contributed by atoms with Gasteiger partial charge in [-0.15, -0.1) is 6.42 Å². The summed E-state index contributed by atoms with van der Waals surface area (Å²) in [4.78, 5) is 39.6. The number of carbonyl (C=O) groups is 2. The largest absolute Gasteiger partial charge is 0.462 e. The van der Waals surface area contributed by atoms with Crippen LogP contribution in [0.3, 0.4) is 0 Å². The Balaban J connectivity index is 1.95. The van der Waals surface area contributed by atoms with Crippen molar-refractivity contribution in [2.24, 2.45) is 4.99 Å². The molecule has 10 heteroatoms. The number of hydrogen-bond donors (Lipinski definition) is 0. The van der Waals surface area contributed by atoms with Crippen LogP contribution in [0, 0.1) is 22.5 Å². The van der Waals surface area contributed by atoms with Crippen molar-refractivity contribution in [2.75, 3.05) is 6.61 Å². The summed E-state index contributed by atoms with van der Waals surface area (Å²) in [5.74, 6) is 1.57. The van der Waals surface area contributed by atoms with Crippen LogP contribution in [0.2, 0.25) is 0 Å². The van der Waals surface area contributed by atoms with E-state index in [-0.39, 0.29) is 18.2 Å². The monoisotopic (exact) mass is 441 g/mol. The second kappa shape index (κ2) is 9.30. The predicted molar refractivity (Wildman–Crippen MR) is 115 cm³/mol. The molecule has 0 fully saturated rings. The van der Waals surface area contributed by atoms with E-state index in [0.717, 1.165) is 21.6 Å². The number of nitro groups is 1. The molecule has 30 heavy (non-hydrogen) atoms. The Morgan fingerprint density at radius 1 is 1.33 bits per heavy atom. The summed E-state index contributed by atoms with van der Waals surface area (Å²) < 4.78 is 7.46. The van der Waals surface area contributed by atoms with Crippen LogP contribution in [0.5, 0.6) is 0 Å². The van der Waals surface area contributed by atoms with Gasteiger partial charge in [-0.25, -0.2) is 4.79 Å². The first-order chi connectivity index (χ1) is 14.4. The minimum atomic E-state index is -0.533. The molecule has 2 heterocycles. The van der Waals surface area contributed by atoms with Gasteiger partial charge in [-0.3, -0.25) is 14.9 Å². The number of hydrogen-bond acceptors (Lipinski definition) is 7. The van der Waals surface area contributed by atoms with Crippen LogP contribution in [0.1, 0.15) is 22.2 Å². The number of aromatic nitrogens is 1. The number of amides is 1. The number of nitrogens with zero attached hydrogens (tertiary/aromatic N) is 3. The van der Waals surface area contributed by atoms with Gasteiger partial charge in [0.15, 0.2) is 4.80 Å². The molecule has 2 aromatic heterocycles. The fourth-order valence-electron chi connectivity index (χ4n) is 2.56. The lowest BCUT2D eigenvalue weighted by Gasteiger charge is -2.02. The number of benzene rings is 1. The Kier molecular flexibility index (Phi) is 6.56. The fourth-order valence-corrected chi connectivity index (χ4v) is 4.36. The molecule has 0 saturated heterocycles. The highest BCUT2D eigenvalue weighted by molar-refractivity contribution is 7.16. The predicted octanol–water partition coefficient (Wildman–Crippen LogP) is 3.62. The van der Waals surface area contributed by atoms with E-state index in [9.17, 15) is 19.7 Å². The van der Waals surface area contributed by atoms with E-state index in [1.54, 1.807) is 35.8 Å². The fraction of sp³-hybridized carbons (Fsp3) is 0.150. The molecule has 0 N–H and O–H groups in total. The Morgan fingerprint density at radius 3 is 2.80 bits per heavy atom. The van der Waals surface area contributed by atoms with Crippen molar-refractivity contribution < 1.29 is 19.2 Å². The maximum absolute atomic E-state index is 12.3. The van der Waals surface area contributed by atoms with Gasteiger partial charge in [0, 0.05) is 17.0 Å². The SMILES string of the molecule is C#CCn1c(=NC(=O)/C=C\c2ccc([N+](=O)[O-])s2)sc2cc(C(=O)OCC)ccc21. The Labute approximate surface area is 178 Å². The molecule has 0 radical (unpaired) electrons. The van der Waals surface area contributed by atoms with E-state index in [4.69, 9.17) is 11.2 Å². The lowest BCUT2D eigenvalue weighted by Crippen LogP contribution is -2.15. The van der Waals surface area contributed by atoms with E-state index in [1.807, 2.05) is 0 Å². The maximum Gasteiger partial charge on any atom is 0.338 e. The van der Waals surface area contributed by atoms with Crippen molar-refractivity contribution in [1.29, 1.82) is 0 Å². The summed E-state index contributed by atoms with van der Waals surface area (Å²) in [6.07, 6.45) is 8.17. The van der Waals surface area contributed by atoms with E-state index in [2.05, 4.69) is 10.9 Å². The molecule has 0 bridgehead atoms. The molecule has 0 spiro atoms. The van der Waals surface area contributed by atoms with Crippen molar-refractivity contribution in [1.82, 2.24) is 4.57 Å². The number of esters is 1. The van der Waals surface area contributed by atoms with Crippen molar-refractivity contribution in [3.63, 3.8) is 0 Å². The van der Waals surface area contributed by atoms with E-state index >= 15 is 0 Å². The van der Waals surface area contributed by atoms with Gasteiger partial charge in [0.1, 0.15) is 0 Å². The number of terminal acetylenes is 1. The van der Waals surface area contributed by atoms with E-state index in [1.165, 1.54) is 29.6 Å². The number of thiazole rings is 1. The van der Waals surface area contributed by atoms with Crippen molar-refractivity contribution >= 4 is 55.8 Å². The Morgan fingerprint density at radius 2 is 2.13 bits per heavy atom. The van der Waals surface area contributed by atoms with Gasteiger partial charge in [0.25, 0.3) is 5.91 Å². The highest BCUT2D eigenvalue weighted by Gasteiger charge is 2.12. The number of thiophene rings is 1. The van der Waals surface area contributed by atoms with Gasteiger partial charge >= 0.3 is 11.0 Å². The topological polar surface area (TPSA) is 104 Å². The molecule has 0 unspecified atom stereocenters. The minimum Gasteiger partial charge on any atom is -0.462 e. The highest BCUT2D eigenvalue weighted by Crippen LogP contribution is 2.25. The summed E-state index contributed by atoms with van der Waals surface area (Å²) in [6, 6.07) is 7.98. The third-order valence-electron chi connectivity index (χ3n) is 3.83. The smallest absolute Gasteiger partial charge is 0.338 e. The molecule has 0 aliphatic carbocycles. The van der Waals surface area contributed by atoms with Gasteiger partial charge in [-0.2, -0.15) is 4.99 Å². The molecule has 0 saturated carbocycles. The zero-order valence-corrected chi connectivity index (χ0v) is 17.4. The zero-order valence-electron chi connectivity index (χ0n) is 15.7. The Bertz CT molecular complexity index is 1270. The number of carbonyl (C=O) groups excluding carboxylic acids is 2. The second-order valence-corrected chi connectivity index (χ2v) is 7.90. The van der Waals surface area contributed by atoms with Crippen molar-refractivity contribution in [3.05, 3.63) is 61.8 Å². The van der Waals surface area contributed by atoms with E-state index in [0.29, 0.717) is 15.2 Å². The van der Waals surface area contributed by atoms with Gasteiger partial charge in [-0.1, -0.05) is 28.6 Å². The molecule has 1 aromatic carbocycles. The summed E-state index contributed by atoms with van der Waals surface area (Å²) in [6.45, 7) is 2.20. The number of fused-ring (bicyclic) bond motifs is 1. The average Bonchev–Trinajstić information content (AvgIpc) is 3.32. The normalized spacial score (nSPS) is 11.7. The Hall–Kier alpha value is -3.55. The molecular formula is C20H15N3O5S2. The van der Waals surface area contributed by atoms with Gasteiger partial charge in [0.2, 0.25) is 0 Å². The number of ether oxygens (including phenoxy) is 1. The first-order valence-electron chi connectivity index (χ1n) is 8.68. The highest BCUT2D eigenvalue weighted by atomic mass is 32.1.